The first-order valence-corrected chi connectivity index (χ1v) is 6.22. The molecule has 82 valence electrons. The molecule has 1 atom stereocenters. The molecule has 1 aromatic carbocycles. The first-order chi connectivity index (χ1) is 7.25. The Hall–Kier alpha value is -0.380. The fourth-order valence-corrected chi connectivity index (χ4v) is 2.28. The molecule has 0 bridgehead atoms. The fourth-order valence-electron chi connectivity index (χ4n) is 2.01. The van der Waals surface area contributed by atoms with Crippen LogP contribution in [0.5, 0.6) is 0 Å². The van der Waals surface area contributed by atoms with Crippen molar-refractivity contribution in [1.82, 2.24) is 10.2 Å². The monoisotopic (exact) mass is 268 g/mol. The Morgan fingerprint density at radius 1 is 1.33 bits per heavy atom. The third-order valence-corrected chi connectivity index (χ3v) is 3.40. The normalized spacial score (nSPS) is 23.7. The van der Waals surface area contributed by atoms with Crippen LogP contribution in [0.4, 0.5) is 0 Å². The van der Waals surface area contributed by atoms with Crippen molar-refractivity contribution in [1.29, 1.82) is 0 Å². The number of hydrogen-bond donors (Lipinski definition) is 1. The van der Waals surface area contributed by atoms with Crippen molar-refractivity contribution in [3.63, 3.8) is 0 Å². The van der Waals surface area contributed by atoms with E-state index >= 15 is 0 Å². The van der Waals surface area contributed by atoms with Crippen molar-refractivity contribution >= 4 is 15.9 Å². The molecule has 1 aliphatic rings. The van der Waals surface area contributed by atoms with E-state index in [-0.39, 0.29) is 0 Å². The largest absolute Gasteiger partial charge is 0.309 e. The zero-order valence-electron chi connectivity index (χ0n) is 9.04. The van der Waals surface area contributed by atoms with Crippen molar-refractivity contribution in [2.24, 2.45) is 0 Å². The minimum absolute atomic E-state index is 0.477. The van der Waals surface area contributed by atoms with Crippen LogP contribution in [0.25, 0.3) is 0 Å². The lowest BCUT2D eigenvalue weighted by Crippen LogP contribution is -2.28. The van der Waals surface area contributed by atoms with E-state index in [4.69, 9.17) is 0 Å². The highest BCUT2D eigenvalue weighted by Gasteiger charge is 2.16. The van der Waals surface area contributed by atoms with Crippen molar-refractivity contribution < 1.29 is 0 Å². The quantitative estimate of drug-likeness (QED) is 0.842. The van der Waals surface area contributed by atoms with Gasteiger partial charge in [0.05, 0.1) is 0 Å². The molecule has 2 rings (SSSR count). The molecule has 0 spiro atoms. The van der Waals surface area contributed by atoms with E-state index in [9.17, 15) is 0 Å². The highest BCUT2D eigenvalue weighted by Crippen LogP contribution is 2.19. The van der Waals surface area contributed by atoms with Gasteiger partial charge < -0.3 is 10.2 Å². The maximum atomic E-state index is 3.59. The zero-order valence-corrected chi connectivity index (χ0v) is 10.6. The van der Waals surface area contributed by atoms with Gasteiger partial charge in [0.25, 0.3) is 0 Å². The third-order valence-electron chi connectivity index (χ3n) is 2.87. The molecule has 1 fully saturated rings. The van der Waals surface area contributed by atoms with Crippen LogP contribution >= 0.6 is 15.9 Å². The minimum atomic E-state index is 0.477. The fraction of sp³-hybridized carbons (Fsp3) is 0.500. The molecule has 0 radical (unpaired) electrons. The molecular weight excluding hydrogens is 252 g/mol. The van der Waals surface area contributed by atoms with Crippen molar-refractivity contribution in [2.75, 3.05) is 26.7 Å². The Labute approximate surface area is 99.8 Å². The van der Waals surface area contributed by atoms with Crippen LogP contribution in [-0.4, -0.2) is 31.6 Å². The van der Waals surface area contributed by atoms with E-state index < -0.39 is 0 Å². The van der Waals surface area contributed by atoms with Crippen LogP contribution in [0.15, 0.2) is 28.7 Å². The number of nitrogens with zero attached hydrogens (tertiary/aromatic N) is 1. The van der Waals surface area contributed by atoms with Gasteiger partial charge in [0.2, 0.25) is 0 Å². The Kier molecular flexibility index (Phi) is 3.78. The van der Waals surface area contributed by atoms with Gasteiger partial charge in [-0.2, -0.15) is 0 Å². The predicted octanol–water partition coefficient (Wildman–Crippen LogP) is 2.42. The van der Waals surface area contributed by atoms with Crippen LogP contribution in [0.2, 0.25) is 0 Å². The molecule has 0 amide bonds. The van der Waals surface area contributed by atoms with Gasteiger partial charge in [0, 0.05) is 17.1 Å². The summed E-state index contributed by atoms with van der Waals surface area (Å²) in [5.41, 5.74) is 1.38. The van der Waals surface area contributed by atoms with Gasteiger partial charge in [-0.3, -0.25) is 0 Å². The molecule has 1 aliphatic heterocycles. The highest BCUT2D eigenvalue weighted by atomic mass is 79.9. The van der Waals surface area contributed by atoms with Crippen LogP contribution < -0.4 is 5.32 Å². The smallest absolute Gasteiger partial charge is 0.0449 e. The molecule has 0 aromatic heterocycles. The summed E-state index contributed by atoms with van der Waals surface area (Å²) < 4.78 is 1.15. The summed E-state index contributed by atoms with van der Waals surface area (Å²) in [6.45, 7) is 3.41. The zero-order chi connectivity index (χ0) is 10.7. The highest BCUT2D eigenvalue weighted by molar-refractivity contribution is 9.10. The van der Waals surface area contributed by atoms with Crippen LogP contribution in [0, 0.1) is 0 Å². The van der Waals surface area contributed by atoms with Gasteiger partial charge in [-0.05, 0) is 44.3 Å². The van der Waals surface area contributed by atoms with E-state index in [1.807, 2.05) is 0 Å². The van der Waals surface area contributed by atoms with E-state index in [2.05, 4.69) is 57.5 Å². The lowest BCUT2D eigenvalue weighted by atomic mass is 10.1. The SMILES string of the molecule is CN1CCCNC(c2ccc(Br)cc2)C1. The number of hydrogen-bond acceptors (Lipinski definition) is 2. The first kappa shape index (κ1) is 11.1. The second-order valence-electron chi connectivity index (χ2n) is 4.17. The average Bonchev–Trinajstić information content (AvgIpc) is 2.44. The van der Waals surface area contributed by atoms with Crippen molar-refractivity contribution in [3.05, 3.63) is 34.3 Å². The molecule has 0 aliphatic carbocycles. The second-order valence-corrected chi connectivity index (χ2v) is 5.09. The molecule has 15 heavy (non-hydrogen) atoms. The van der Waals surface area contributed by atoms with Gasteiger partial charge in [0.1, 0.15) is 0 Å². The van der Waals surface area contributed by atoms with E-state index in [1.165, 1.54) is 18.5 Å². The number of nitrogens with one attached hydrogen (secondary N) is 1. The van der Waals surface area contributed by atoms with Crippen LogP contribution in [0.1, 0.15) is 18.0 Å². The molecule has 1 heterocycles. The van der Waals surface area contributed by atoms with E-state index in [0.717, 1.165) is 17.6 Å². The molecule has 0 saturated carbocycles. The molecule has 1 saturated heterocycles. The maximum absolute atomic E-state index is 3.59. The maximum Gasteiger partial charge on any atom is 0.0449 e. The number of rotatable bonds is 1. The Bertz CT molecular complexity index is 310. The summed E-state index contributed by atoms with van der Waals surface area (Å²) >= 11 is 3.47. The van der Waals surface area contributed by atoms with E-state index in [1.54, 1.807) is 0 Å². The van der Waals surface area contributed by atoms with Gasteiger partial charge in [-0.15, -0.1) is 0 Å². The van der Waals surface area contributed by atoms with Gasteiger partial charge in [-0.25, -0.2) is 0 Å². The Balaban J connectivity index is 2.11. The topological polar surface area (TPSA) is 15.3 Å². The number of benzene rings is 1. The molecule has 1 N–H and O–H groups in total. The summed E-state index contributed by atoms with van der Waals surface area (Å²) in [4.78, 5) is 2.40. The van der Waals surface area contributed by atoms with Gasteiger partial charge in [-0.1, -0.05) is 28.1 Å². The standard InChI is InChI=1S/C12H17BrN2/c1-15-8-2-7-14-12(9-15)10-3-5-11(13)6-4-10/h3-6,12,14H,2,7-9H2,1H3. The van der Waals surface area contributed by atoms with Crippen LogP contribution in [0.3, 0.4) is 0 Å². The number of halogens is 1. The minimum Gasteiger partial charge on any atom is -0.309 e. The average molecular weight is 269 g/mol. The molecule has 1 unspecified atom stereocenters. The van der Waals surface area contributed by atoms with Gasteiger partial charge in [0.15, 0.2) is 0 Å². The van der Waals surface area contributed by atoms with Gasteiger partial charge >= 0.3 is 0 Å². The Morgan fingerprint density at radius 2 is 2.07 bits per heavy atom. The van der Waals surface area contributed by atoms with E-state index in [0.29, 0.717) is 6.04 Å². The summed E-state index contributed by atoms with van der Waals surface area (Å²) in [7, 11) is 2.19. The first-order valence-electron chi connectivity index (χ1n) is 5.43. The van der Waals surface area contributed by atoms with Crippen molar-refractivity contribution in [2.45, 2.75) is 12.5 Å². The lowest BCUT2D eigenvalue weighted by molar-refractivity contribution is 0.326. The molecule has 3 heteroatoms. The van der Waals surface area contributed by atoms with Crippen LogP contribution in [-0.2, 0) is 0 Å². The predicted molar refractivity (Wildman–Crippen MR) is 67.0 cm³/mol. The molecular formula is C12H17BrN2. The third kappa shape index (κ3) is 3.03. The second kappa shape index (κ2) is 5.10. The number of likely N-dealkylation sites (N-methyl/N-ethyl adjacent to an activating group) is 1. The molecule has 2 nitrogen and oxygen atoms in total. The summed E-state index contributed by atoms with van der Waals surface area (Å²) in [6.07, 6.45) is 1.24. The lowest BCUT2D eigenvalue weighted by Gasteiger charge is -2.20. The van der Waals surface area contributed by atoms with Crippen molar-refractivity contribution in [3.8, 4) is 0 Å². The Morgan fingerprint density at radius 3 is 2.80 bits per heavy atom. The summed E-state index contributed by atoms with van der Waals surface area (Å²) in [6, 6.07) is 9.09. The summed E-state index contributed by atoms with van der Waals surface area (Å²) in [5.74, 6) is 0. The molecule has 1 aromatic rings. The summed E-state index contributed by atoms with van der Waals surface area (Å²) in [5, 5.41) is 3.59.